The number of alkyl halides is 3. The Morgan fingerprint density at radius 1 is 1.23 bits per heavy atom. The van der Waals surface area contributed by atoms with E-state index >= 15 is 0 Å². The van der Waals surface area contributed by atoms with E-state index in [0.717, 1.165) is 0 Å². The van der Waals surface area contributed by atoms with Gasteiger partial charge in [-0.15, -0.1) is 0 Å². The first-order valence-electron chi connectivity index (χ1n) is 6.46. The van der Waals surface area contributed by atoms with Crippen LogP contribution in [0.15, 0.2) is 24.3 Å². The van der Waals surface area contributed by atoms with E-state index in [-0.39, 0.29) is 12.3 Å². The molecule has 0 saturated heterocycles. The highest BCUT2D eigenvalue weighted by Gasteiger charge is 2.28. The van der Waals surface area contributed by atoms with Gasteiger partial charge in [-0.1, -0.05) is 12.1 Å². The Morgan fingerprint density at radius 3 is 2.27 bits per heavy atom. The van der Waals surface area contributed by atoms with Crippen LogP contribution in [-0.4, -0.2) is 31.6 Å². The summed E-state index contributed by atoms with van der Waals surface area (Å²) in [4.78, 5) is 22.8. The van der Waals surface area contributed by atoms with Crippen molar-refractivity contribution < 1.29 is 27.5 Å². The molecule has 1 aromatic rings. The Balaban J connectivity index is 2.75. The monoisotopic (exact) mass is 318 g/mol. The van der Waals surface area contributed by atoms with Crippen LogP contribution in [0.1, 0.15) is 24.9 Å². The van der Waals surface area contributed by atoms with Gasteiger partial charge in [0.2, 0.25) is 11.8 Å². The van der Waals surface area contributed by atoms with Gasteiger partial charge in [0.05, 0.1) is 19.6 Å². The Morgan fingerprint density at radius 2 is 1.82 bits per heavy atom. The predicted octanol–water partition coefficient (Wildman–Crippen LogP) is 1.94. The summed E-state index contributed by atoms with van der Waals surface area (Å²) >= 11 is 0. The lowest BCUT2D eigenvalue weighted by Gasteiger charge is -2.18. The molecule has 22 heavy (non-hydrogen) atoms. The van der Waals surface area contributed by atoms with Crippen molar-refractivity contribution in [3.63, 3.8) is 0 Å². The number of hydrogen-bond donors (Lipinski definition) is 2. The average Bonchev–Trinajstić information content (AvgIpc) is 2.43. The Labute approximate surface area is 125 Å². The third kappa shape index (κ3) is 6.47. The van der Waals surface area contributed by atoms with Gasteiger partial charge in [0, 0.05) is 6.92 Å². The molecule has 1 aromatic carbocycles. The van der Waals surface area contributed by atoms with Gasteiger partial charge in [-0.05, 0) is 17.7 Å². The largest absolute Gasteiger partial charge is 0.497 e. The zero-order chi connectivity index (χ0) is 16.8. The molecule has 0 radical (unpaired) electrons. The topological polar surface area (TPSA) is 67.4 Å². The number of halogens is 3. The molecular weight excluding hydrogens is 301 g/mol. The zero-order valence-electron chi connectivity index (χ0n) is 12.2. The first-order valence-corrected chi connectivity index (χ1v) is 6.46. The van der Waals surface area contributed by atoms with E-state index in [1.165, 1.54) is 14.0 Å². The van der Waals surface area contributed by atoms with Crippen molar-refractivity contribution in [1.82, 2.24) is 10.6 Å². The molecule has 1 unspecified atom stereocenters. The SMILES string of the molecule is COc1ccc(C(CC(=O)NCC(F)(F)F)NC(C)=O)cc1. The van der Waals surface area contributed by atoms with Crippen LogP contribution in [0.4, 0.5) is 13.2 Å². The van der Waals surface area contributed by atoms with Crippen molar-refractivity contribution in [2.24, 2.45) is 0 Å². The summed E-state index contributed by atoms with van der Waals surface area (Å²) in [5.41, 5.74) is 0.596. The van der Waals surface area contributed by atoms with Gasteiger partial charge in [-0.2, -0.15) is 13.2 Å². The highest BCUT2D eigenvalue weighted by molar-refractivity contribution is 5.79. The fourth-order valence-electron chi connectivity index (χ4n) is 1.79. The molecule has 1 atom stereocenters. The van der Waals surface area contributed by atoms with E-state index in [0.29, 0.717) is 11.3 Å². The smallest absolute Gasteiger partial charge is 0.405 e. The summed E-state index contributed by atoms with van der Waals surface area (Å²) in [5, 5.41) is 4.32. The molecule has 0 heterocycles. The number of hydrogen-bond acceptors (Lipinski definition) is 3. The maximum absolute atomic E-state index is 12.1. The highest BCUT2D eigenvalue weighted by Crippen LogP contribution is 2.20. The van der Waals surface area contributed by atoms with Crippen LogP contribution in [0.2, 0.25) is 0 Å². The molecule has 2 N–H and O–H groups in total. The Kier molecular flexibility index (Phi) is 6.21. The number of benzene rings is 1. The van der Waals surface area contributed by atoms with E-state index in [1.807, 2.05) is 0 Å². The second-order valence-corrected chi connectivity index (χ2v) is 4.62. The van der Waals surface area contributed by atoms with Crippen molar-refractivity contribution in [3.05, 3.63) is 29.8 Å². The molecule has 0 aliphatic carbocycles. The molecule has 0 fully saturated rings. The molecule has 0 spiro atoms. The van der Waals surface area contributed by atoms with Gasteiger partial charge >= 0.3 is 6.18 Å². The third-order valence-electron chi connectivity index (χ3n) is 2.77. The lowest BCUT2D eigenvalue weighted by Crippen LogP contribution is -2.37. The quantitative estimate of drug-likeness (QED) is 0.842. The summed E-state index contributed by atoms with van der Waals surface area (Å²) in [6, 6.07) is 5.83. The minimum atomic E-state index is -4.47. The van der Waals surface area contributed by atoms with Gasteiger partial charge < -0.3 is 15.4 Å². The fourth-order valence-corrected chi connectivity index (χ4v) is 1.79. The summed E-state index contributed by atoms with van der Waals surface area (Å²) in [6.45, 7) is -0.134. The van der Waals surface area contributed by atoms with Gasteiger partial charge in [-0.3, -0.25) is 9.59 Å². The second-order valence-electron chi connectivity index (χ2n) is 4.62. The van der Waals surface area contributed by atoms with Crippen LogP contribution < -0.4 is 15.4 Å². The van der Waals surface area contributed by atoms with Gasteiger partial charge in [0.15, 0.2) is 0 Å². The maximum atomic E-state index is 12.1. The number of amides is 2. The molecule has 0 aliphatic rings. The van der Waals surface area contributed by atoms with Crippen LogP contribution in [0.3, 0.4) is 0 Å². The third-order valence-corrected chi connectivity index (χ3v) is 2.77. The molecule has 5 nitrogen and oxygen atoms in total. The van der Waals surface area contributed by atoms with Crippen molar-refractivity contribution >= 4 is 11.8 Å². The Hall–Kier alpha value is -2.25. The number of carbonyl (C=O) groups excluding carboxylic acids is 2. The second kappa shape index (κ2) is 7.67. The predicted molar refractivity (Wildman–Crippen MR) is 73.2 cm³/mol. The van der Waals surface area contributed by atoms with Gasteiger partial charge in [-0.25, -0.2) is 0 Å². The van der Waals surface area contributed by atoms with Gasteiger partial charge in [0.25, 0.3) is 0 Å². The van der Waals surface area contributed by atoms with Gasteiger partial charge in [0.1, 0.15) is 12.3 Å². The molecule has 8 heteroatoms. The normalized spacial score (nSPS) is 12.4. The molecule has 2 amide bonds. The number of methoxy groups -OCH3 is 1. The van der Waals surface area contributed by atoms with Crippen LogP contribution in [0.5, 0.6) is 5.75 Å². The summed E-state index contributed by atoms with van der Waals surface area (Å²) in [5.74, 6) is -0.594. The molecule has 0 bridgehead atoms. The molecule has 1 rings (SSSR count). The number of nitrogens with one attached hydrogen (secondary N) is 2. The number of carbonyl (C=O) groups is 2. The summed E-state index contributed by atoms with van der Waals surface area (Å²) < 4.78 is 41.2. The zero-order valence-corrected chi connectivity index (χ0v) is 12.2. The van der Waals surface area contributed by atoms with Crippen LogP contribution in [0.25, 0.3) is 0 Å². The lowest BCUT2D eigenvalue weighted by atomic mass is 10.0. The summed E-state index contributed by atoms with van der Waals surface area (Å²) in [7, 11) is 1.49. The van der Waals surface area contributed by atoms with Crippen LogP contribution >= 0.6 is 0 Å². The molecule has 0 aliphatic heterocycles. The average molecular weight is 318 g/mol. The van der Waals surface area contributed by atoms with Crippen molar-refractivity contribution in [2.45, 2.75) is 25.6 Å². The number of rotatable bonds is 6. The minimum Gasteiger partial charge on any atom is -0.497 e. The van der Waals surface area contributed by atoms with E-state index in [4.69, 9.17) is 4.74 Å². The first-order chi connectivity index (χ1) is 10.2. The first kappa shape index (κ1) is 17.8. The van der Waals surface area contributed by atoms with Crippen molar-refractivity contribution in [3.8, 4) is 5.75 Å². The maximum Gasteiger partial charge on any atom is 0.405 e. The van der Waals surface area contributed by atoms with Crippen molar-refractivity contribution in [2.75, 3.05) is 13.7 Å². The molecule has 0 saturated carbocycles. The molecule has 122 valence electrons. The van der Waals surface area contributed by atoms with Crippen LogP contribution in [0, 0.1) is 0 Å². The molecule has 0 aromatic heterocycles. The standard InChI is InChI=1S/C14H17F3N2O3/c1-9(20)19-12(7-13(21)18-8-14(15,16)17)10-3-5-11(22-2)6-4-10/h3-6,12H,7-8H2,1-2H3,(H,18,21)(H,19,20). The lowest BCUT2D eigenvalue weighted by molar-refractivity contribution is -0.138. The van der Waals surface area contributed by atoms with Crippen molar-refractivity contribution in [1.29, 1.82) is 0 Å². The van der Waals surface area contributed by atoms with E-state index in [9.17, 15) is 22.8 Å². The number of ether oxygens (including phenoxy) is 1. The van der Waals surface area contributed by atoms with E-state index in [1.54, 1.807) is 29.6 Å². The van der Waals surface area contributed by atoms with E-state index < -0.39 is 24.7 Å². The Bertz CT molecular complexity index is 515. The highest BCUT2D eigenvalue weighted by atomic mass is 19.4. The van der Waals surface area contributed by atoms with E-state index in [2.05, 4.69) is 5.32 Å². The van der Waals surface area contributed by atoms with Crippen LogP contribution in [-0.2, 0) is 9.59 Å². The molecular formula is C14H17F3N2O3. The fraction of sp³-hybridized carbons (Fsp3) is 0.429. The summed E-state index contributed by atoms with van der Waals surface area (Å²) in [6.07, 6.45) is -4.76. The minimum absolute atomic E-state index is 0.290.